The average molecular weight is 213 g/mol. The standard InChI is InChI=1S/C9H15N3OS/c1-3-7(9(10)13)14-6-8-11-4-5-12(8)2/h4-5,7H,3,6H2,1-2H3,(H2,10,13). The van der Waals surface area contributed by atoms with Crippen LogP contribution in [0.5, 0.6) is 0 Å². The molecule has 1 unspecified atom stereocenters. The lowest BCUT2D eigenvalue weighted by Gasteiger charge is -2.09. The van der Waals surface area contributed by atoms with Crippen molar-refractivity contribution < 1.29 is 4.79 Å². The first-order valence-corrected chi connectivity index (χ1v) is 5.57. The van der Waals surface area contributed by atoms with Crippen LogP contribution < -0.4 is 5.73 Å². The van der Waals surface area contributed by atoms with Crippen LogP contribution in [-0.4, -0.2) is 20.7 Å². The largest absolute Gasteiger partial charge is 0.369 e. The number of hydrogen-bond acceptors (Lipinski definition) is 3. The minimum absolute atomic E-state index is 0.105. The zero-order valence-electron chi connectivity index (χ0n) is 8.43. The third-order valence-corrected chi connectivity index (χ3v) is 3.42. The van der Waals surface area contributed by atoms with Crippen molar-refractivity contribution in [2.45, 2.75) is 24.3 Å². The second kappa shape index (κ2) is 5.05. The number of aromatic nitrogens is 2. The van der Waals surface area contributed by atoms with Crippen LogP contribution in [0.4, 0.5) is 0 Å². The number of carbonyl (C=O) groups is 1. The Morgan fingerprint density at radius 1 is 1.79 bits per heavy atom. The predicted octanol–water partition coefficient (Wildman–Crippen LogP) is 0.917. The van der Waals surface area contributed by atoms with E-state index in [4.69, 9.17) is 5.73 Å². The van der Waals surface area contributed by atoms with Gasteiger partial charge in [0.2, 0.25) is 5.91 Å². The van der Waals surface area contributed by atoms with Crippen molar-refractivity contribution in [2.24, 2.45) is 12.8 Å². The molecule has 0 saturated heterocycles. The molecule has 0 saturated carbocycles. The number of aryl methyl sites for hydroxylation is 1. The third-order valence-electron chi connectivity index (χ3n) is 2.02. The molecule has 14 heavy (non-hydrogen) atoms. The smallest absolute Gasteiger partial charge is 0.230 e. The zero-order chi connectivity index (χ0) is 10.6. The fourth-order valence-electron chi connectivity index (χ4n) is 1.11. The molecule has 0 aliphatic heterocycles. The summed E-state index contributed by atoms with van der Waals surface area (Å²) in [5.74, 6) is 1.45. The molecule has 0 aromatic carbocycles. The third kappa shape index (κ3) is 2.77. The molecule has 4 nitrogen and oxygen atoms in total. The fourth-order valence-corrected chi connectivity index (χ4v) is 2.14. The van der Waals surface area contributed by atoms with Gasteiger partial charge in [-0.15, -0.1) is 11.8 Å². The highest BCUT2D eigenvalue weighted by molar-refractivity contribution is 7.99. The Labute approximate surface area is 87.9 Å². The van der Waals surface area contributed by atoms with Gasteiger partial charge in [0.25, 0.3) is 0 Å². The number of rotatable bonds is 5. The number of amides is 1. The van der Waals surface area contributed by atoms with Crippen LogP contribution in [0.15, 0.2) is 12.4 Å². The van der Waals surface area contributed by atoms with Crippen LogP contribution >= 0.6 is 11.8 Å². The molecule has 0 bridgehead atoms. The number of nitrogens with two attached hydrogens (primary N) is 1. The van der Waals surface area contributed by atoms with Gasteiger partial charge in [0, 0.05) is 19.4 Å². The molecule has 0 radical (unpaired) electrons. The van der Waals surface area contributed by atoms with Gasteiger partial charge in [0.15, 0.2) is 0 Å². The van der Waals surface area contributed by atoms with E-state index in [9.17, 15) is 4.79 Å². The van der Waals surface area contributed by atoms with Gasteiger partial charge in [-0.05, 0) is 6.42 Å². The first-order chi connectivity index (χ1) is 6.65. The Balaban J connectivity index is 2.47. The lowest BCUT2D eigenvalue weighted by atomic mass is 10.3. The van der Waals surface area contributed by atoms with E-state index in [-0.39, 0.29) is 11.2 Å². The van der Waals surface area contributed by atoms with Gasteiger partial charge in [-0.1, -0.05) is 6.92 Å². The molecular formula is C9H15N3OS. The molecule has 2 N–H and O–H groups in total. The number of primary amides is 1. The highest BCUT2D eigenvalue weighted by atomic mass is 32.2. The molecule has 1 heterocycles. The first kappa shape index (κ1) is 11.1. The van der Waals surface area contributed by atoms with Gasteiger partial charge in [-0.25, -0.2) is 4.98 Å². The Hall–Kier alpha value is -0.970. The second-order valence-electron chi connectivity index (χ2n) is 3.06. The number of carbonyl (C=O) groups excluding carboxylic acids is 1. The van der Waals surface area contributed by atoms with Gasteiger partial charge in [-0.2, -0.15) is 0 Å². The van der Waals surface area contributed by atoms with Crippen molar-refractivity contribution in [3.05, 3.63) is 18.2 Å². The molecule has 0 spiro atoms. The van der Waals surface area contributed by atoms with E-state index in [0.717, 1.165) is 18.0 Å². The molecule has 0 fully saturated rings. The molecule has 1 rings (SSSR count). The Bertz CT molecular complexity index is 311. The van der Waals surface area contributed by atoms with Crippen LogP contribution in [0.2, 0.25) is 0 Å². The molecule has 5 heteroatoms. The van der Waals surface area contributed by atoms with Crippen molar-refractivity contribution >= 4 is 17.7 Å². The maximum absolute atomic E-state index is 10.9. The molecular weight excluding hydrogens is 198 g/mol. The number of nitrogens with zero attached hydrogens (tertiary/aromatic N) is 2. The maximum atomic E-state index is 10.9. The number of imidazole rings is 1. The second-order valence-corrected chi connectivity index (χ2v) is 4.26. The first-order valence-electron chi connectivity index (χ1n) is 4.52. The van der Waals surface area contributed by atoms with E-state index in [0.29, 0.717) is 0 Å². The molecule has 1 aromatic heterocycles. The van der Waals surface area contributed by atoms with E-state index in [1.54, 1.807) is 18.0 Å². The summed E-state index contributed by atoms with van der Waals surface area (Å²) in [6, 6.07) is 0. The molecule has 1 amide bonds. The summed E-state index contributed by atoms with van der Waals surface area (Å²) < 4.78 is 1.95. The van der Waals surface area contributed by atoms with Crippen LogP contribution in [0, 0.1) is 0 Å². The van der Waals surface area contributed by atoms with E-state index in [2.05, 4.69) is 4.98 Å². The zero-order valence-corrected chi connectivity index (χ0v) is 9.25. The highest BCUT2D eigenvalue weighted by Crippen LogP contribution is 2.18. The van der Waals surface area contributed by atoms with Crippen molar-refractivity contribution in [2.75, 3.05) is 0 Å². The Kier molecular flexibility index (Phi) is 4.00. The lowest BCUT2D eigenvalue weighted by Crippen LogP contribution is -2.25. The summed E-state index contributed by atoms with van der Waals surface area (Å²) in [5, 5.41) is -0.105. The molecule has 0 aliphatic rings. The van der Waals surface area contributed by atoms with E-state index < -0.39 is 0 Å². The fraction of sp³-hybridized carbons (Fsp3) is 0.556. The van der Waals surface area contributed by atoms with Gasteiger partial charge in [0.1, 0.15) is 5.82 Å². The summed E-state index contributed by atoms with van der Waals surface area (Å²) in [5.41, 5.74) is 5.24. The monoisotopic (exact) mass is 213 g/mol. The van der Waals surface area contributed by atoms with Crippen molar-refractivity contribution in [3.63, 3.8) is 0 Å². The minimum Gasteiger partial charge on any atom is -0.369 e. The van der Waals surface area contributed by atoms with Crippen LogP contribution in [0.25, 0.3) is 0 Å². The normalized spacial score (nSPS) is 12.7. The minimum atomic E-state index is -0.244. The molecule has 78 valence electrons. The van der Waals surface area contributed by atoms with Crippen LogP contribution in [0.1, 0.15) is 19.2 Å². The number of thioether (sulfide) groups is 1. The van der Waals surface area contributed by atoms with E-state index >= 15 is 0 Å². The van der Waals surface area contributed by atoms with Crippen molar-refractivity contribution in [1.82, 2.24) is 9.55 Å². The number of hydrogen-bond donors (Lipinski definition) is 1. The van der Waals surface area contributed by atoms with Crippen molar-refractivity contribution in [3.8, 4) is 0 Å². The van der Waals surface area contributed by atoms with Crippen LogP contribution in [-0.2, 0) is 17.6 Å². The maximum Gasteiger partial charge on any atom is 0.230 e. The summed E-state index contributed by atoms with van der Waals surface area (Å²) in [6.45, 7) is 1.96. The topological polar surface area (TPSA) is 60.9 Å². The van der Waals surface area contributed by atoms with Gasteiger partial charge < -0.3 is 10.3 Å². The average Bonchev–Trinajstić information content (AvgIpc) is 2.52. The molecule has 1 atom stereocenters. The van der Waals surface area contributed by atoms with E-state index in [1.165, 1.54) is 0 Å². The van der Waals surface area contributed by atoms with Gasteiger partial charge >= 0.3 is 0 Å². The summed E-state index contributed by atoms with van der Waals surface area (Å²) >= 11 is 1.54. The van der Waals surface area contributed by atoms with Crippen molar-refractivity contribution in [1.29, 1.82) is 0 Å². The Morgan fingerprint density at radius 2 is 2.50 bits per heavy atom. The predicted molar refractivity (Wildman–Crippen MR) is 57.8 cm³/mol. The van der Waals surface area contributed by atoms with Gasteiger partial charge in [-0.3, -0.25) is 4.79 Å². The summed E-state index contributed by atoms with van der Waals surface area (Å²) in [4.78, 5) is 15.1. The SMILES string of the molecule is CCC(SCc1nccn1C)C(N)=O. The van der Waals surface area contributed by atoms with Gasteiger partial charge in [0.05, 0.1) is 11.0 Å². The molecule has 0 aliphatic carbocycles. The Morgan fingerprint density at radius 3 is 2.93 bits per heavy atom. The van der Waals surface area contributed by atoms with E-state index in [1.807, 2.05) is 24.7 Å². The summed E-state index contributed by atoms with van der Waals surface area (Å²) in [7, 11) is 1.94. The van der Waals surface area contributed by atoms with Crippen LogP contribution in [0.3, 0.4) is 0 Å². The highest BCUT2D eigenvalue weighted by Gasteiger charge is 2.14. The summed E-state index contributed by atoms with van der Waals surface area (Å²) in [6.07, 6.45) is 4.41. The quantitative estimate of drug-likeness (QED) is 0.791. The lowest BCUT2D eigenvalue weighted by molar-refractivity contribution is -0.117. The molecule has 1 aromatic rings.